The fourth-order valence-corrected chi connectivity index (χ4v) is 3.04. The summed E-state index contributed by atoms with van der Waals surface area (Å²) in [7, 11) is 1.45. The van der Waals surface area contributed by atoms with Crippen molar-refractivity contribution in [1.82, 2.24) is 5.32 Å². The molecule has 0 fully saturated rings. The summed E-state index contributed by atoms with van der Waals surface area (Å²) in [6.45, 7) is 0.0766. The second kappa shape index (κ2) is 16.8. The third-order valence-electron chi connectivity index (χ3n) is 4.79. The molecule has 0 heterocycles. The summed E-state index contributed by atoms with van der Waals surface area (Å²) in [6, 6.07) is -1.16. The zero-order chi connectivity index (χ0) is 24.5. The van der Waals surface area contributed by atoms with Crippen LogP contribution in [0.25, 0.3) is 0 Å². The number of ketones is 2. The summed E-state index contributed by atoms with van der Waals surface area (Å²) in [5, 5.41) is 29.3. The number of nitrogens with one attached hydrogen (secondary N) is 1. The van der Waals surface area contributed by atoms with Crippen LogP contribution in [-0.4, -0.2) is 70.5 Å². The van der Waals surface area contributed by atoms with Crippen molar-refractivity contribution in [3.8, 4) is 0 Å². The van der Waals surface area contributed by atoms with Crippen LogP contribution in [0.15, 0.2) is 0 Å². The predicted molar refractivity (Wildman–Crippen MR) is 111 cm³/mol. The maximum atomic E-state index is 12.5. The van der Waals surface area contributed by atoms with E-state index in [4.69, 9.17) is 14.9 Å². The molecule has 4 N–H and O–H groups in total. The maximum absolute atomic E-state index is 12.5. The number of hydrogen-bond donors (Lipinski definition) is 4. The Hall–Kier alpha value is -2.82. The zero-order valence-corrected chi connectivity index (χ0v) is 18.3. The third-order valence-corrected chi connectivity index (χ3v) is 4.79. The number of carboxylic acid groups (broad SMARTS) is 3. The molecule has 2 atom stereocenters. The number of amides is 1. The van der Waals surface area contributed by atoms with E-state index in [2.05, 4.69) is 5.32 Å². The first-order valence-electron chi connectivity index (χ1n) is 10.6. The van der Waals surface area contributed by atoms with Gasteiger partial charge in [0, 0.05) is 39.2 Å². The minimum atomic E-state index is -1.33. The van der Waals surface area contributed by atoms with Gasteiger partial charge in [-0.25, -0.2) is 0 Å². The van der Waals surface area contributed by atoms with Gasteiger partial charge in [0.05, 0.1) is 12.0 Å². The van der Waals surface area contributed by atoms with Gasteiger partial charge in [-0.15, -0.1) is 0 Å². The topological polar surface area (TPSA) is 184 Å². The van der Waals surface area contributed by atoms with Crippen LogP contribution in [-0.2, 0) is 33.5 Å². The van der Waals surface area contributed by atoms with Gasteiger partial charge in [0.1, 0.15) is 6.61 Å². The zero-order valence-electron chi connectivity index (χ0n) is 18.3. The lowest BCUT2D eigenvalue weighted by atomic mass is 9.92. The molecule has 0 aliphatic heterocycles. The van der Waals surface area contributed by atoms with Gasteiger partial charge in [-0.05, 0) is 25.7 Å². The van der Waals surface area contributed by atoms with E-state index in [-0.39, 0.29) is 38.1 Å². The molecule has 0 unspecified atom stereocenters. The van der Waals surface area contributed by atoms with Crippen molar-refractivity contribution in [1.29, 1.82) is 0 Å². The minimum Gasteiger partial charge on any atom is -0.481 e. The van der Waals surface area contributed by atoms with Gasteiger partial charge in [0.25, 0.3) is 0 Å². The van der Waals surface area contributed by atoms with Gasteiger partial charge in [-0.1, -0.05) is 12.8 Å². The number of carbonyl (C=O) groups excluding carboxylic acids is 3. The van der Waals surface area contributed by atoms with Gasteiger partial charge >= 0.3 is 17.9 Å². The molecule has 0 rings (SSSR count). The average Bonchev–Trinajstić information content (AvgIpc) is 2.70. The lowest BCUT2D eigenvalue weighted by Gasteiger charge is -2.19. The quantitative estimate of drug-likeness (QED) is 0.194. The molecule has 11 heteroatoms. The molecule has 1 amide bonds. The van der Waals surface area contributed by atoms with E-state index in [1.54, 1.807) is 0 Å². The highest BCUT2D eigenvalue weighted by atomic mass is 16.5. The number of aliphatic carboxylic acids is 3. The van der Waals surface area contributed by atoms with Crippen molar-refractivity contribution < 1.29 is 48.8 Å². The first kappa shape index (κ1) is 29.2. The fraction of sp³-hybridized carbons (Fsp3) is 0.714. The van der Waals surface area contributed by atoms with Crippen molar-refractivity contribution in [2.45, 2.75) is 76.7 Å². The third kappa shape index (κ3) is 15.1. The molecule has 0 aliphatic carbocycles. The van der Waals surface area contributed by atoms with E-state index in [1.165, 1.54) is 7.11 Å². The number of methoxy groups -OCH3 is 1. The lowest BCUT2D eigenvalue weighted by Crippen LogP contribution is -2.42. The van der Waals surface area contributed by atoms with Crippen molar-refractivity contribution in [2.75, 3.05) is 13.7 Å². The van der Waals surface area contributed by atoms with Crippen LogP contribution in [0.4, 0.5) is 0 Å². The Morgan fingerprint density at radius 1 is 0.781 bits per heavy atom. The molecule has 0 saturated carbocycles. The molecular weight excluding hydrogens is 426 g/mol. The van der Waals surface area contributed by atoms with Gasteiger partial charge in [0.15, 0.2) is 11.6 Å². The number of unbranched alkanes of at least 4 members (excludes halogenated alkanes) is 3. The average molecular weight is 459 g/mol. The van der Waals surface area contributed by atoms with Crippen molar-refractivity contribution in [3.63, 3.8) is 0 Å². The predicted octanol–water partition coefficient (Wildman–Crippen LogP) is 1.42. The molecule has 182 valence electrons. The Kier molecular flexibility index (Phi) is 15.3. The van der Waals surface area contributed by atoms with E-state index in [9.17, 15) is 33.9 Å². The largest absolute Gasteiger partial charge is 0.481 e. The lowest BCUT2D eigenvalue weighted by molar-refractivity contribution is -0.145. The van der Waals surface area contributed by atoms with E-state index in [0.717, 1.165) is 6.42 Å². The highest BCUT2D eigenvalue weighted by molar-refractivity contribution is 5.91. The van der Waals surface area contributed by atoms with Crippen molar-refractivity contribution in [2.24, 2.45) is 5.92 Å². The van der Waals surface area contributed by atoms with Gasteiger partial charge in [-0.3, -0.25) is 28.8 Å². The fourth-order valence-electron chi connectivity index (χ4n) is 3.04. The van der Waals surface area contributed by atoms with Crippen LogP contribution in [0.5, 0.6) is 0 Å². The first-order valence-corrected chi connectivity index (χ1v) is 10.6. The Labute approximate surface area is 186 Å². The number of ether oxygens (including phenoxy) is 1. The van der Waals surface area contributed by atoms with E-state index >= 15 is 0 Å². The maximum Gasteiger partial charge on any atom is 0.306 e. The van der Waals surface area contributed by atoms with Crippen LogP contribution >= 0.6 is 0 Å². The minimum absolute atomic E-state index is 0.00745. The van der Waals surface area contributed by atoms with Crippen LogP contribution in [0.2, 0.25) is 0 Å². The van der Waals surface area contributed by atoms with Gasteiger partial charge in [0.2, 0.25) is 5.91 Å². The Morgan fingerprint density at radius 2 is 1.34 bits per heavy atom. The van der Waals surface area contributed by atoms with E-state index < -0.39 is 54.4 Å². The molecule has 0 bridgehead atoms. The van der Waals surface area contributed by atoms with Crippen LogP contribution in [0.3, 0.4) is 0 Å². The van der Waals surface area contributed by atoms with Crippen molar-refractivity contribution >= 4 is 35.4 Å². The molecule has 32 heavy (non-hydrogen) atoms. The monoisotopic (exact) mass is 459 g/mol. The normalized spacial score (nSPS) is 12.5. The molecular formula is C21H33NO10. The molecule has 0 aromatic rings. The summed E-state index contributed by atoms with van der Waals surface area (Å²) < 4.78 is 4.74. The number of carboxylic acids is 3. The smallest absolute Gasteiger partial charge is 0.306 e. The molecule has 0 saturated heterocycles. The van der Waals surface area contributed by atoms with Crippen LogP contribution in [0, 0.1) is 5.92 Å². The number of rotatable bonds is 20. The molecule has 11 nitrogen and oxygen atoms in total. The van der Waals surface area contributed by atoms with Crippen LogP contribution in [0.1, 0.15) is 70.6 Å². The van der Waals surface area contributed by atoms with Crippen molar-refractivity contribution in [3.05, 3.63) is 0 Å². The number of Topliss-reactive ketones (excluding diaryl/α,β-unsaturated/α-hetero) is 2. The Balaban J connectivity index is 4.63. The highest BCUT2D eigenvalue weighted by Gasteiger charge is 2.28. The number of hydrogen-bond acceptors (Lipinski definition) is 7. The molecule has 0 spiro atoms. The summed E-state index contributed by atoms with van der Waals surface area (Å²) in [4.78, 5) is 68.9. The van der Waals surface area contributed by atoms with Crippen LogP contribution < -0.4 is 5.32 Å². The summed E-state index contributed by atoms with van der Waals surface area (Å²) in [5.41, 5.74) is 0. The van der Waals surface area contributed by atoms with E-state index in [0.29, 0.717) is 25.7 Å². The van der Waals surface area contributed by atoms with E-state index in [1.807, 2.05) is 0 Å². The second-order valence-electron chi connectivity index (χ2n) is 7.58. The molecule has 0 aromatic heterocycles. The molecule has 0 aromatic carbocycles. The van der Waals surface area contributed by atoms with Gasteiger partial charge < -0.3 is 25.4 Å². The summed E-state index contributed by atoms with van der Waals surface area (Å²) in [6.07, 6.45) is 1.39. The highest BCUT2D eigenvalue weighted by Crippen LogP contribution is 2.16. The summed E-state index contributed by atoms with van der Waals surface area (Å²) in [5.74, 6) is -6.01. The molecule has 0 radical (unpaired) electrons. The second-order valence-corrected chi connectivity index (χ2v) is 7.58. The number of carbonyl (C=O) groups is 6. The Bertz CT molecular complexity index is 661. The summed E-state index contributed by atoms with van der Waals surface area (Å²) >= 11 is 0. The first-order chi connectivity index (χ1) is 15.1. The van der Waals surface area contributed by atoms with Gasteiger partial charge in [-0.2, -0.15) is 0 Å². The Morgan fingerprint density at radius 3 is 1.88 bits per heavy atom. The molecule has 0 aliphatic rings. The standard InChI is InChI=1S/C21H33NO10/c1-32-13-15(23)6-4-2-3-5-7-18(25)22-16(9-11-20(28)29)17(24)12-14(21(30)31)8-10-19(26)27/h14,16H,2-13H2,1H3,(H,22,25)(H,26,27)(H,28,29)(H,30,31)/t14-,16+/m1/s1. The SMILES string of the molecule is COCC(=O)CCCCCCC(=O)N[C@@H](CCC(=O)O)C(=O)C[C@@H](CCC(=O)O)C(=O)O.